The lowest BCUT2D eigenvalue weighted by molar-refractivity contribution is -0.122. The topological polar surface area (TPSA) is 83.9 Å². The van der Waals surface area contributed by atoms with E-state index in [1.54, 1.807) is 0 Å². The molecule has 2 heterocycles. The van der Waals surface area contributed by atoms with Crippen LogP contribution < -0.4 is 16.0 Å². The molecule has 8 heteroatoms. The van der Waals surface area contributed by atoms with Crippen LogP contribution in [0.1, 0.15) is 51.0 Å². The van der Waals surface area contributed by atoms with Gasteiger partial charge < -0.3 is 20.5 Å². The first-order chi connectivity index (χ1) is 16.6. The number of carbonyl (C=O) groups excluding carboxylic acids is 1. The minimum Gasteiger partial charge on any atom is -0.358 e. The summed E-state index contributed by atoms with van der Waals surface area (Å²) in [5.41, 5.74) is 1.01. The zero-order valence-corrected chi connectivity index (χ0v) is 20.4. The standard InChI is InChI=1S/C26H33ClN6O/c1-2-28-26-31-23(17-24(32-26)33-14-6-7-15-33)30-22(16-19-8-4-3-5-9-19)25(34)29-18-20-10-12-21(27)13-11-20/h6-7,10-15,17,19,22H,2-5,8-9,16,18H2,1H3,(H,29,34)(H2,28,30,31,32)/t22-/m1/s1. The van der Waals surface area contributed by atoms with Crippen molar-refractivity contribution < 1.29 is 4.79 Å². The van der Waals surface area contributed by atoms with E-state index >= 15 is 0 Å². The summed E-state index contributed by atoms with van der Waals surface area (Å²) in [5, 5.41) is 10.4. The van der Waals surface area contributed by atoms with Gasteiger partial charge in [0.05, 0.1) is 0 Å². The molecule has 7 nitrogen and oxygen atoms in total. The van der Waals surface area contributed by atoms with Gasteiger partial charge in [-0.2, -0.15) is 9.97 Å². The number of rotatable bonds is 10. The van der Waals surface area contributed by atoms with E-state index in [0.29, 0.717) is 35.8 Å². The van der Waals surface area contributed by atoms with Gasteiger partial charge in [-0.05, 0) is 49.1 Å². The highest BCUT2D eigenvalue weighted by Crippen LogP contribution is 2.28. The van der Waals surface area contributed by atoms with E-state index < -0.39 is 0 Å². The van der Waals surface area contributed by atoms with Crippen molar-refractivity contribution in [2.24, 2.45) is 5.92 Å². The molecule has 2 aromatic heterocycles. The van der Waals surface area contributed by atoms with Crippen molar-refractivity contribution in [2.75, 3.05) is 17.2 Å². The normalized spacial score (nSPS) is 15.0. The maximum atomic E-state index is 13.3. The van der Waals surface area contributed by atoms with Crippen LogP contribution in [0.2, 0.25) is 5.02 Å². The van der Waals surface area contributed by atoms with Crippen LogP contribution in [-0.4, -0.2) is 33.0 Å². The molecule has 0 saturated heterocycles. The lowest BCUT2D eigenvalue weighted by atomic mass is 9.84. The molecule has 3 aromatic rings. The van der Waals surface area contributed by atoms with E-state index in [1.165, 1.54) is 32.1 Å². The van der Waals surface area contributed by atoms with Gasteiger partial charge in [0.2, 0.25) is 11.9 Å². The largest absolute Gasteiger partial charge is 0.358 e. The lowest BCUT2D eigenvalue weighted by Gasteiger charge is -2.27. The molecule has 1 aliphatic carbocycles. The van der Waals surface area contributed by atoms with E-state index in [4.69, 9.17) is 11.6 Å². The molecule has 0 unspecified atom stereocenters. The maximum absolute atomic E-state index is 13.3. The first-order valence-electron chi connectivity index (χ1n) is 12.2. The summed E-state index contributed by atoms with van der Waals surface area (Å²) >= 11 is 5.99. The molecular weight excluding hydrogens is 448 g/mol. The molecule has 0 aliphatic heterocycles. The first kappa shape index (κ1) is 24.1. The molecule has 34 heavy (non-hydrogen) atoms. The predicted octanol–water partition coefficient (Wildman–Crippen LogP) is 5.42. The highest BCUT2D eigenvalue weighted by Gasteiger charge is 2.25. The molecule has 1 amide bonds. The fourth-order valence-electron chi connectivity index (χ4n) is 4.45. The van der Waals surface area contributed by atoms with Crippen LogP contribution in [-0.2, 0) is 11.3 Å². The van der Waals surface area contributed by atoms with Crippen LogP contribution in [0.3, 0.4) is 0 Å². The average Bonchev–Trinajstić information content (AvgIpc) is 3.39. The van der Waals surface area contributed by atoms with Gasteiger partial charge in [0.15, 0.2) is 0 Å². The molecular formula is C26H33ClN6O. The third-order valence-corrected chi connectivity index (χ3v) is 6.48. The Morgan fingerprint density at radius 2 is 1.85 bits per heavy atom. The number of anilines is 2. The molecule has 1 fully saturated rings. The minimum atomic E-state index is -0.378. The Kier molecular flexibility index (Phi) is 8.41. The van der Waals surface area contributed by atoms with E-state index in [1.807, 2.05) is 66.3 Å². The van der Waals surface area contributed by atoms with Crippen molar-refractivity contribution in [1.82, 2.24) is 19.9 Å². The van der Waals surface area contributed by atoms with Crippen LogP contribution in [0.25, 0.3) is 5.82 Å². The fraction of sp³-hybridized carbons (Fsp3) is 0.423. The summed E-state index contributed by atoms with van der Waals surface area (Å²) in [7, 11) is 0. The van der Waals surface area contributed by atoms with Crippen molar-refractivity contribution in [3.8, 4) is 5.82 Å². The summed E-state index contributed by atoms with van der Waals surface area (Å²) in [5.74, 6) is 2.43. The van der Waals surface area contributed by atoms with Gasteiger partial charge in [-0.1, -0.05) is 55.8 Å². The number of nitrogens with zero attached hydrogens (tertiary/aromatic N) is 3. The first-order valence-corrected chi connectivity index (χ1v) is 12.5. The van der Waals surface area contributed by atoms with Gasteiger partial charge in [-0.3, -0.25) is 4.79 Å². The molecule has 1 aliphatic rings. The third kappa shape index (κ3) is 6.73. The van der Waals surface area contributed by atoms with E-state index in [0.717, 1.165) is 17.8 Å². The molecule has 0 bridgehead atoms. The Hall–Kier alpha value is -3.06. The molecule has 1 saturated carbocycles. The summed E-state index contributed by atoms with van der Waals surface area (Å²) in [6.45, 7) is 3.18. The van der Waals surface area contributed by atoms with Crippen LogP contribution in [0, 0.1) is 5.92 Å². The Balaban J connectivity index is 1.53. The Labute approximate surface area is 206 Å². The number of amides is 1. The summed E-state index contributed by atoms with van der Waals surface area (Å²) in [6, 6.07) is 13.0. The summed E-state index contributed by atoms with van der Waals surface area (Å²) in [6.07, 6.45) is 10.8. The monoisotopic (exact) mass is 480 g/mol. The molecule has 3 N–H and O–H groups in total. The number of halogens is 1. The summed E-state index contributed by atoms with van der Waals surface area (Å²) < 4.78 is 1.93. The van der Waals surface area contributed by atoms with Crippen LogP contribution in [0.4, 0.5) is 11.8 Å². The lowest BCUT2D eigenvalue weighted by Crippen LogP contribution is -2.41. The van der Waals surface area contributed by atoms with E-state index in [-0.39, 0.29) is 11.9 Å². The number of aromatic nitrogens is 3. The second kappa shape index (κ2) is 11.9. The highest BCUT2D eigenvalue weighted by molar-refractivity contribution is 6.30. The quantitative estimate of drug-likeness (QED) is 0.361. The number of hydrogen-bond donors (Lipinski definition) is 3. The number of hydrogen-bond acceptors (Lipinski definition) is 5. The van der Waals surface area contributed by atoms with Gasteiger partial charge in [-0.15, -0.1) is 0 Å². The molecule has 4 rings (SSSR count). The van der Waals surface area contributed by atoms with Gasteiger partial charge in [0.1, 0.15) is 17.7 Å². The molecule has 1 aromatic carbocycles. The molecule has 1 atom stereocenters. The van der Waals surface area contributed by atoms with Crippen molar-refractivity contribution in [2.45, 2.75) is 58.0 Å². The van der Waals surface area contributed by atoms with E-state index in [9.17, 15) is 4.79 Å². The molecule has 0 radical (unpaired) electrons. The van der Waals surface area contributed by atoms with Crippen LogP contribution in [0.15, 0.2) is 54.9 Å². The zero-order chi connectivity index (χ0) is 23.8. The van der Waals surface area contributed by atoms with Gasteiger partial charge in [-0.25, -0.2) is 0 Å². The Morgan fingerprint density at radius 1 is 1.12 bits per heavy atom. The molecule has 180 valence electrons. The van der Waals surface area contributed by atoms with Crippen molar-refractivity contribution in [3.05, 3.63) is 65.4 Å². The SMILES string of the molecule is CCNc1nc(N[C@H](CC2CCCCC2)C(=O)NCc2ccc(Cl)cc2)cc(-n2cccc2)n1. The molecule has 0 spiro atoms. The highest BCUT2D eigenvalue weighted by atomic mass is 35.5. The Morgan fingerprint density at radius 3 is 2.56 bits per heavy atom. The third-order valence-electron chi connectivity index (χ3n) is 6.23. The number of nitrogens with one attached hydrogen (secondary N) is 3. The van der Waals surface area contributed by atoms with Gasteiger partial charge >= 0.3 is 0 Å². The van der Waals surface area contributed by atoms with Crippen molar-refractivity contribution in [1.29, 1.82) is 0 Å². The average molecular weight is 481 g/mol. The predicted molar refractivity (Wildman–Crippen MR) is 137 cm³/mol. The zero-order valence-electron chi connectivity index (χ0n) is 19.6. The van der Waals surface area contributed by atoms with Crippen LogP contribution >= 0.6 is 11.6 Å². The maximum Gasteiger partial charge on any atom is 0.242 e. The Bertz CT molecular complexity index is 1050. The van der Waals surface area contributed by atoms with E-state index in [2.05, 4.69) is 25.9 Å². The fourth-order valence-corrected chi connectivity index (χ4v) is 4.57. The number of benzene rings is 1. The second-order valence-corrected chi connectivity index (χ2v) is 9.27. The smallest absolute Gasteiger partial charge is 0.242 e. The van der Waals surface area contributed by atoms with Gasteiger partial charge in [0.25, 0.3) is 0 Å². The minimum absolute atomic E-state index is 0.0216. The van der Waals surface area contributed by atoms with Crippen LogP contribution in [0.5, 0.6) is 0 Å². The second-order valence-electron chi connectivity index (χ2n) is 8.84. The van der Waals surface area contributed by atoms with Crippen molar-refractivity contribution in [3.63, 3.8) is 0 Å². The van der Waals surface area contributed by atoms with Gasteiger partial charge in [0, 0.05) is 36.6 Å². The number of carbonyl (C=O) groups is 1. The summed E-state index contributed by atoms with van der Waals surface area (Å²) in [4.78, 5) is 22.6. The van der Waals surface area contributed by atoms with Crippen molar-refractivity contribution >= 4 is 29.3 Å².